The third-order valence-electron chi connectivity index (χ3n) is 4.41. The molecule has 0 spiro atoms. The van der Waals surface area contributed by atoms with E-state index in [0.29, 0.717) is 13.0 Å². The fourth-order valence-corrected chi connectivity index (χ4v) is 4.00. The topological polar surface area (TPSA) is 58.1 Å². The zero-order valence-electron chi connectivity index (χ0n) is 13.6. The average molecular weight is 338 g/mol. The van der Waals surface area contributed by atoms with Crippen LogP contribution in [0.5, 0.6) is 0 Å². The summed E-state index contributed by atoms with van der Waals surface area (Å²) < 4.78 is 0. The molecule has 1 aliphatic heterocycles. The van der Waals surface area contributed by atoms with Crippen molar-refractivity contribution < 1.29 is 4.79 Å². The van der Waals surface area contributed by atoms with Gasteiger partial charge in [0, 0.05) is 31.0 Å². The quantitative estimate of drug-likeness (QED) is 0.796. The van der Waals surface area contributed by atoms with Crippen LogP contribution in [-0.2, 0) is 4.79 Å². The number of aryl methyl sites for hydroxylation is 1. The molecule has 1 N–H and O–H groups in total. The summed E-state index contributed by atoms with van der Waals surface area (Å²) >= 11 is 1.62. The van der Waals surface area contributed by atoms with Crippen molar-refractivity contribution in [3.63, 3.8) is 0 Å². The molecule has 6 heteroatoms. The summed E-state index contributed by atoms with van der Waals surface area (Å²) in [7, 11) is 1.84. The number of hydrogen-bond acceptors (Lipinski definition) is 5. The van der Waals surface area contributed by atoms with Gasteiger partial charge in [-0.3, -0.25) is 4.79 Å². The Labute approximate surface area is 144 Å². The Balaban J connectivity index is 1.75. The second-order valence-corrected chi connectivity index (χ2v) is 7.10. The van der Waals surface area contributed by atoms with Crippen molar-refractivity contribution in [1.29, 1.82) is 0 Å². The third-order valence-corrected chi connectivity index (χ3v) is 5.30. The van der Waals surface area contributed by atoms with Gasteiger partial charge in [0.1, 0.15) is 17.0 Å². The van der Waals surface area contributed by atoms with Crippen LogP contribution in [0.4, 0.5) is 5.82 Å². The van der Waals surface area contributed by atoms with Gasteiger partial charge in [-0.2, -0.15) is 0 Å². The fraction of sp³-hybridized carbons (Fsp3) is 0.278. The highest BCUT2D eigenvalue weighted by molar-refractivity contribution is 7.17. The third kappa shape index (κ3) is 2.63. The van der Waals surface area contributed by atoms with Gasteiger partial charge in [0.15, 0.2) is 0 Å². The Hall–Kier alpha value is -2.47. The molecular weight excluding hydrogens is 320 g/mol. The smallest absolute Gasteiger partial charge is 0.224 e. The molecule has 1 atom stereocenters. The van der Waals surface area contributed by atoms with Crippen LogP contribution in [0.3, 0.4) is 0 Å². The Morgan fingerprint density at radius 2 is 2.04 bits per heavy atom. The number of fused-ring (bicyclic) bond motifs is 1. The van der Waals surface area contributed by atoms with E-state index in [4.69, 9.17) is 0 Å². The van der Waals surface area contributed by atoms with E-state index in [0.717, 1.165) is 27.2 Å². The van der Waals surface area contributed by atoms with Gasteiger partial charge in [0.2, 0.25) is 5.91 Å². The molecule has 1 amide bonds. The highest BCUT2D eigenvalue weighted by atomic mass is 32.1. The van der Waals surface area contributed by atoms with Gasteiger partial charge in [0.05, 0.1) is 11.4 Å². The number of thiophene rings is 1. The first kappa shape index (κ1) is 15.1. The number of nitrogens with one attached hydrogen (secondary N) is 1. The first-order chi connectivity index (χ1) is 11.6. The molecule has 1 fully saturated rings. The van der Waals surface area contributed by atoms with E-state index >= 15 is 0 Å². The second-order valence-electron chi connectivity index (χ2n) is 6.24. The summed E-state index contributed by atoms with van der Waals surface area (Å²) in [5.74, 6) is 0.979. The van der Waals surface area contributed by atoms with Crippen molar-refractivity contribution in [2.75, 3.05) is 18.9 Å². The predicted octanol–water partition coefficient (Wildman–Crippen LogP) is 3.31. The number of likely N-dealkylation sites (tertiary alicyclic amines) is 1. The minimum atomic E-state index is 0.0892. The van der Waals surface area contributed by atoms with Crippen LogP contribution in [0.2, 0.25) is 0 Å². The standard InChI is InChI=1S/C18H18N4OS/c1-11-3-5-12(6-4-11)14-9-24-18-16(14)17(19-10-20-18)21-13-7-15(23)22(2)8-13/h3-6,9-10,13H,7-8H2,1-2H3,(H,19,20,21)/t13-/m0/s1. The van der Waals surface area contributed by atoms with Crippen LogP contribution < -0.4 is 5.32 Å². The maximum atomic E-state index is 11.8. The molecule has 122 valence electrons. The molecule has 3 aromatic rings. The number of carbonyl (C=O) groups excluding carboxylic acids is 1. The van der Waals surface area contributed by atoms with Crippen LogP contribution in [0.1, 0.15) is 12.0 Å². The Bertz CT molecular complexity index is 903. The van der Waals surface area contributed by atoms with Crippen molar-refractivity contribution >= 4 is 33.3 Å². The van der Waals surface area contributed by atoms with Gasteiger partial charge in [-0.1, -0.05) is 29.8 Å². The molecular formula is C18H18N4OS. The second kappa shape index (κ2) is 5.87. The SMILES string of the molecule is Cc1ccc(-c2csc3ncnc(N[C@H]4CC(=O)N(C)C4)c23)cc1. The van der Waals surface area contributed by atoms with Crippen molar-refractivity contribution in [1.82, 2.24) is 14.9 Å². The van der Waals surface area contributed by atoms with Crippen molar-refractivity contribution in [3.05, 3.63) is 41.5 Å². The first-order valence-electron chi connectivity index (χ1n) is 7.91. The minimum Gasteiger partial charge on any atom is -0.364 e. The van der Waals surface area contributed by atoms with Crippen molar-refractivity contribution in [2.24, 2.45) is 0 Å². The number of hydrogen-bond donors (Lipinski definition) is 1. The number of benzene rings is 1. The van der Waals surface area contributed by atoms with E-state index in [1.54, 1.807) is 22.6 Å². The van der Waals surface area contributed by atoms with Gasteiger partial charge in [0.25, 0.3) is 0 Å². The lowest BCUT2D eigenvalue weighted by atomic mass is 10.0. The zero-order chi connectivity index (χ0) is 16.7. The van der Waals surface area contributed by atoms with Gasteiger partial charge >= 0.3 is 0 Å². The van der Waals surface area contributed by atoms with E-state index in [9.17, 15) is 4.79 Å². The largest absolute Gasteiger partial charge is 0.364 e. The van der Waals surface area contributed by atoms with Crippen LogP contribution in [0.15, 0.2) is 36.0 Å². The van der Waals surface area contributed by atoms with E-state index in [2.05, 4.69) is 51.9 Å². The summed E-state index contributed by atoms with van der Waals surface area (Å²) in [5.41, 5.74) is 3.53. The summed E-state index contributed by atoms with van der Waals surface area (Å²) in [6.45, 7) is 2.79. The molecule has 0 saturated carbocycles. The monoisotopic (exact) mass is 338 g/mol. The number of amides is 1. The first-order valence-corrected chi connectivity index (χ1v) is 8.79. The Morgan fingerprint density at radius 3 is 2.75 bits per heavy atom. The maximum absolute atomic E-state index is 11.8. The van der Waals surface area contributed by atoms with Crippen LogP contribution in [0, 0.1) is 6.92 Å². The van der Waals surface area contributed by atoms with Crippen LogP contribution in [0.25, 0.3) is 21.3 Å². The summed E-state index contributed by atoms with van der Waals surface area (Å²) in [4.78, 5) is 23.3. The number of anilines is 1. The number of carbonyl (C=O) groups is 1. The molecule has 1 aromatic carbocycles. The molecule has 5 nitrogen and oxygen atoms in total. The number of nitrogens with zero attached hydrogens (tertiary/aromatic N) is 3. The van der Waals surface area contributed by atoms with Crippen LogP contribution >= 0.6 is 11.3 Å². The fourth-order valence-electron chi connectivity index (χ4n) is 3.08. The molecule has 24 heavy (non-hydrogen) atoms. The molecule has 3 heterocycles. The number of aromatic nitrogens is 2. The summed E-state index contributed by atoms with van der Waals surface area (Å²) in [5, 5.41) is 6.61. The molecule has 0 radical (unpaired) electrons. The lowest BCUT2D eigenvalue weighted by Crippen LogP contribution is -2.24. The number of likely N-dealkylation sites (N-methyl/N-ethyl adjacent to an activating group) is 1. The van der Waals surface area contributed by atoms with E-state index < -0.39 is 0 Å². The summed E-state index contributed by atoms with van der Waals surface area (Å²) in [6, 6.07) is 8.56. The number of rotatable bonds is 3. The Kier molecular flexibility index (Phi) is 3.69. The molecule has 1 saturated heterocycles. The molecule has 0 aliphatic carbocycles. The molecule has 0 unspecified atom stereocenters. The van der Waals surface area contributed by atoms with Gasteiger partial charge in [-0.15, -0.1) is 11.3 Å². The van der Waals surface area contributed by atoms with E-state index in [1.807, 2.05) is 7.05 Å². The molecule has 4 rings (SSSR count). The zero-order valence-corrected chi connectivity index (χ0v) is 14.4. The van der Waals surface area contributed by atoms with Gasteiger partial charge in [-0.05, 0) is 12.5 Å². The van der Waals surface area contributed by atoms with E-state index in [-0.39, 0.29) is 11.9 Å². The average Bonchev–Trinajstić information content (AvgIpc) is 3.13. The maximum Gasteiger partial charge on any atom is 0.224 e. The van der Waals surface area contributed by atoms with E-state index in [1.165, 1.54) is 5.56 Å². The van der Waals surface area contributed by atoms with Crippen molar-refractivity contribution in [2.45, 2.75) is 19.4 Å². The normalized spacial score (nSPS) is 17.7. The van der Waals surface area contributed by atoms with Crippen molar-refractivity contribution in [3.8, 4) is 11.1 Å². The predicted molar refractivity (Wildman–Crippen MR) is 97.3 cm³/mol. The van der Waals surface area contributed by atoms with Gasteiger partial charge in [-0.25, -0.2) is 9.97 Å². The minimum absolute atomic E-state index is 0.0892. The molecule has 2 aromatic heterocycles. The lowest BCUT2D eigenvalue weighted by Gasteiger charge is -2.14. The highest BCUT2D eigenvalue weighted by Crippen LogP contribution is 2.37. The molecule has 0 bridgehead atoms. The Morgan fingerprint density at radius 1 is 1.25 bits per heavy atom. The summed E-state index contributed by atoms with van der Waals surface area (Å²) in [6.07, 6.45) is 2.09. The lowest BCUT2D eigenvalue weighted by molar-refractivity contribution is -0.126. The van der Waals surface area contributed by atoms with Crippen LogP contribution in [-0.4, -0.2) is 40.4 Å². The molecule has 1 aliphatic rings. The highest BCUT2D eigenvalue weighted by Gasteiger charge is 2.27. The van der Waals surface area contributed by atoms with Gasteiger partial charge < -0.3 is 10.2 Å².